The number of piperidine rings is 1. The van der Waals surface area contributed by atoms with E-state index in [2.05, 4.69) is 43.5 Å². The first-order valence-electron chi connectivity index (χ1n) is 8.79. The van der Waals surface area contributed by atoms with Crippen LogP contribution in [0.4, 0.5) is 5.82 Å². The lowest BCUT2D eigenvalue weighted by molar-refractivity contribution is 0.459. The Bertz CT molecular complexity index is 682. The van der Waals surface area contributed by atoms with Crippen LogP contribution in [-0.4, -0.2) is 48.7 Å². The molecule has 3 rings (SSSR count). The molecule has 2 aromatic heterocycles. The first-order valence-corrected chi connectivity index (χ1v) is 9.60. The monoisotopic (exact) mass is 486 g/mol. The summed E-state index contributed by atoms with van der Waals surface area (Å²) in [6.45, 7) is 4.97. The molecule has 0 amide bonds. The number of nitrogens with zero attached hydrogens (tertiary/aromatic N) is 4. The first kappa shape index (κ1) is 20.9. The molecule has 1 fully saturated rings. The Balaban J connectivity index is 0.00000243. The maximum Gasteiger partial charge on any atom is 0.191 e. The number of aliphatic imine (C=N–C) groups is 1. The molecule has 6 nitrogen and oxygen atoms in total. The standard InChI is InChI=1S/C18H26N6S.HI/c1-14-13-22-17(25-14)6-10-21-18(19-2)23-15-7-11-24(12-8-15)16-5-3-4-9-20-16;/h3-5,9,13,15H,6-8,10-12H2,1-2H3,(H2,19,21,23);1H. The lowest BCUT2D eigenvalue weighted by Crippen LogP contribution is -2.49. The third-order valence-corrected chi connectivity index (χ3v) is 5.31. The molecule has 0 unspecified atom stereocenters. The zero-order valence-electron chi connectivity index (χ0n) is 15.3. The summed E-state index contributed by atoms with van der Waals surface area (Å²) in [5.74, 6) is 1.95. The van der Waals surface area contributed by atoms with Crippen LogP contribution >= 0.6 is 35.3 Å². The molecule has 1 aliphatic rings. The van der Waals surface area contributed by atoms with Crippen LogP contribution in [0.2, 0.25) is 0 Å². The SMILES string of the molecule is CN=C(NCCc1ncc(C)s1)NC1CCN(c2ccccn2)CC1.I. The molecule has 0 bridgehead atoms. The Morgan fingerprint density at radius 3 is 2.73 bits per heavy atom. The van der Waals surface area contributed by atoms with Crippen molar-refractivity contribution in [1.82, 2.24) is 20.6 Å². The predicted octanol–water partition coefficient (Wildman–Crippen LogP) is 2.84. The van der Waals surface area contributed by atoms with Crippen molar-refractivity contribution in [2.24, 2.45) is 4.99 Å². The molecule has 0 aromatic carbocycles. The van der Waals surface area contributed by atoms with Crippen molar-refractivity contribution in [2.45, 2.75) is 32.2 Å². The molecule has 1 aliphatic heterocycles. The summed E-state index contributed by atoms with van der Waals surface area (Å²) in [5, 5.41) is 8.11. The van der Waals surface area contributed by atoms with Crippen molar-refractivity contribution in [3.05, 3.63) is 40.5 Å². The summed E-state index contributed by atoms with van der Waals surface area (Å²) in [6.07, 6.45) is 6.89. The topological polar surface area (TPSA) is 65.4 Å². The molecular formula is C18H27IN6S. The minimum absolute atomic E-state index is 0. The van der Waals surface area contributed by atoms with Crippen molar-refractivity contribution >= 4 is 47.1 Å². The highest BCUT2D eigenvalue weighted by Crippen LogP contribution is 2.17. The van der Waals surface area contributed by atoms with Gasteiger partial charge in [0.25, 0.3) is 0 Å². The Morgan fingerprint density at radius 1 is 1.31 bits per heavy atom. The van der Waals surface area contributed by atoms with E-state index in [0.717, 1.165) is 50.7 Å². The number of rotatable bonds is 5. The summed E-state index contributed by atoms with van der Waals surface area (Å²) in [4.78, 5) is 16.8. The smallest absolute Gasteiger partial charge is 0.191 e. The summed E-state index contributed by atoms with van der Waals surface area (Å²) >= 11 is 1.76. The van der Waals surface area contributed by atoms with Gasteiger partial charge in [0.05, 0.1) is 5.01 Å². The van der Waals surface area contributed by atoms with Crippen LogP contribution in [0.5, 0.6) is 0 Å². The third-order valence-electron chi connectivity index (χ3n) is 4.33. The molecule has 8 heteroatoms. The maximum absolute atomic E-state index is 4.44. The van der Waals surface area contributed by atoms with Crippen LogP contribution in [0, 0.1) is 6.92 Å². The van der Waals surface area contributed by atoms with Gasteiger partial charge in [-0.25, -0.2) is 9.97 Å². The van der Waals surface area contributed by atoms with Gasteiger partial charge < -0.3 is 15.5 Å². The summed E-state index contributed by atoms with van der Waals surface area (Å²) in [7, 11) is 1.83. The summed E-state index contributed by atoms with van der Waals surface area (Å²) in [6, 6.07) is 6.53. The number of anilines is 1. The number of pyridine rings is 1. The average Bonchev–Trinajstić information content (AvgIpc) is 3.07. The zero-order chi connectivity index (χ0) is 17.5. The van der Waals surface area contributed by atoms with Gasteiger partial charge in [0.1, 0.15) is 5.82 Å². The van der Waals surface area contributed by atoms with E-state index in [4.69, 9.17) is 0 Å². The quantitative estimate of drug-likeness (QED) is 0.387. The van der Waals surface area contributed by atoms with E-state index in [-0.39, 0.29) is 24.0 Å². The van der Waals surface area contributed by atoms with E-state index >= 15 is 0 Å². The largest absolute Gasteiger partial charge is 0.356 e. The molecule has 2 aromatic rings. The fourth-order valence-electron chi connectivity index (χ4n) is 2.99. The van der Waals surface area contributed by atoms with Crippen molar-refractivity contribution in [3.8, 4) is 0 Å². The molecular weight excluding hydrogens is 459 g/mol. The molecule has 0 aliphatic carbocycles. The van der Waals surface area contributed by atoms with E-state index in [1.807, 2.05) is 31.6 Å². The van der Waals surface area contributed by atoms with Crippen molar-refractivity contribution in [1.29, 1.82) is 0 Å². The van der Waals surface area contributed by atoms with Gasteiger partial charge in [-0.3, -0.25) is 4.99 Å². The fourth-order valence-corrected chi connectivity index (χ4v) is 3.77. The second-order valence-corrected chi connectivity index (χ2v) is 7.53. The molecule has 0 saturated carbocycles. The van der Waals surface area contributed by atoms with E-state index in [0.29, 0.717) is 6.04 Å². The molecule has 3 heterocycles. The molecule has 0 radical (unpaired) electrons. The number of aryl methyl sites for hydroxylation is 1. The number of aromatic nitrogens is 2. The van der Waals surface area contributed by atoms with Crippen LogP contribution in [0.15, 0.2) is 35.6 Å². The van der Waals surface area contributed by atoms with E-state index in [1.54, 1.807) is 11.3 Å². The normalized spacial score (nSPS) is 15.5. The number of halogens is 1. The number of hydrogen-bond acceptors (Lipinski definition) is 5. The molecule has 0 spiro atoms. The Kier molecular flexibility index (Phi) is 8.56. The third kappa shape index (κ3) is 6.08. The van der Waals surface area contributed by atoms with Gasteiger partial charge in [0.2, 0.25) is 0 Å². The average molecular weight is 486 g/mol. The first-order chi connectivity index (χ1) is 12.2. The second-order valence-electron chi connectivity index (χ2n) is 6.21. The minimum atomic E-state index is 0. The fraction of sp³-hybridized carbons (Fsp3) is 0.500. The van der Waals surface area contributed by atoms with Gasteiger partial charge in [-0.05, 0) is 31.9 Å². The highest BCUT2D eigenvalue weighted by Gasteiger charge is 2.20. The molecule has 26 heavy (non-hydrogen) atoms. The lowest BCUT2D eigenvalue weighted by atomic mass is 10.1. The highest BCUT2D eigenvalue weighted by molar-refractivity contribution is 14.0. The number of thiazole rings is 1. The van der Waals surface area contributed by atoms with Crippen LogP contribution in [-0.2, 0) is 6.42 Å². The molecule has 142 valence electrons. The minimum Gasteiger partial charge on any atom is -0.356 e. The Hall–Kier alpha value is -1.42. The zero-order valence-corrected chi connectivity index (χ0v) is 18.5. The lowest BCUT2D eigenvalue weighted by Gasteiger charge is -2.33. The van der Waals surface area contributed by atoms with Gasteiger partial charge >= 0.3 is 0 Å². The van der Waals surface area contributed by atoms with Crippen molar-refractivity contribution in [2.75, 3.05) is 31.6 Å². The summed E-state index contributed by atoms with van der Waals surface area (Å²) in [5.41, 5.74) is 0. The second kappa shape index (κ2) is 10.7. The van der Waals surface area contributed by atoms with Crippen LogP contribution in [0.3, 0.4) is 0 Å². The van der Waals surface area contributed by atoms with E-state index in [9.17, 15) is 0 Å². The number of hydrogen-bond donors (Lipinski definition) is 2. The van der Waals surface area contributed by atoms with Crippen molar-refractivity contribution in [3.63, 3.8) is 0 Å². The Morgan fingerprint density at radius 2 is 2.12 bits per heavy atom. The van der Waals surface area contributed by atoms with Gasteiger partial charge in [-0.1, -0.05) is 6.07 Å². The predicted molar refractivity (Wildman–Crippen MR) is 120 cm³/mol. The van der Waals surface area contributed by atoms with Crippen LogP contribution in [0.1, 0.15) is 22.7 Å². The number of guanidine groups is 1. The van der Waals surface area contributed by atoms with E-state index < -0.39 is 0 Å². The van der Waals surface area contributed by atoms with Gasteiger partial charge in [0, 0.05) is 56.4 Å². The van der Waals surface area contributed by atoms with Gasteiger partial charge in [-0.2, -0.15) is 0 Å². The Labute approximate surface area is 176 Å². The summed E-state index contributed by atoms with van der Waals surface area (Å²) < 4.78 is 0. The van der Waals surface area contributed by atoms with Gasteiger partial charge in [-0.15, -0.1) is 35.3 Å². The maximum atomic E-state index is 4.44. The number of nitrogens with one attached hydrogen (secondary N) is 2. The molecule has 1 saturated heterocycles. The van der Waals surface area contributed by atoms with Crippen LogP contribution in [0.25, 0.3) is 0 Å². The molecule has 0 atom stereocenters. The molecule has 2 N–H and O–H groups in total. The highest BCUT2D eigenvalue weighted by atomic mass is 127. The van der Waals surface area contributed by atoms with Crippen LogP contribution < -0.4 is 15.5 Å². The van der Waals surface area contributed by atoms with Gasteiger partial charge in [0.15, 0.2) is 5.96 Å². The van der Waals surface area contributed by atoms with Crippen molar-refractivity contribution < 1.29 is 0 Å². The van der Waals surface area contributed by atoms with E-state index in [1.165, 1.54) is 9.88 Å².